The van der Waals surface area contributed by atoms with Crippen molar-refractivity contribution in [1.29, 1.82) is 0 Å². The van der Waals surface area contributed by atoms with E-state index in [9.17, 15) is 4.79 Å². The topological polar surface area (TPSA) is 84.8 Å². The van der Waals surface area contributed by atoms with Crippen LogP contribution in [0.2, 0.25) is 0 Å². The van der Waals surface area contributed by atoms with Crippen LogP contribution in [0.5, 0.6) is 11.5 Å². The molecule has 1 N–H and O–H groups in total. The normalized spacial score (nSPS) is 15.6. The summed E-state index contributed by atoms with van der Waals surface area (Å²) in [6.45, 7) is 1.30. The summed E-state index contributed by atoms with van der Waals surface area (Å²) in [6, 6.07) is 1.91. The maximum atomic E-state index is 11.6. The summed E-state index contributed by atoms with van der Waals surface area (Å²) in [4.78, 5) is 19.9. The van der Waals surface area contributed by atoms with Crippen molar-refractivity contribution in [2.24, 2.45) is 7.05 Å². The minimum atomic E-state index is -0.118. The van der Waals surface area contributed by atoms with E-state index in [0.29, 0.717) is 24.6 Å². The van der Waals surface area contributed by atoms with Gasteiger partial charge in [-0.15, -0.1) is 0 Å². The molecule has 30 heavy (non-hydrogen) atoms. The number of ether oxygens (including phenoxy) is 2. The van der Waals surface area contributed by atoms with E-state index in [1.165, 1.54) is 4.90 Å². The average molecular weight is 410 g/mol. The minimum absolute atomic E-state index is 0.118. The van der Waals surface area contributed by atoms with Crippen molar-refractivity contribution in [1.82, 2.24) is 20.1 Å². The molecule has 0 spiro atoms. The molecule has 0 saturated heterocycles. The standard InChI is InChI=1S/C21H26N6O3/c1-22-8-14-11-25(2)20-16(26(3)12-28)9-23-15-6-17(29-5)18(21(30-14)19(15)20)13-7-24-27(4)10-13/h6-7,9-10,12,14,22H,8,11H2,1-5H3. The molecule has 0 radical (unpaired) electrons. The second-order valence-corrected chi connectivity index (χ2v) is 7.47. The summed E-state index contributed by atoms with van der Waals surface area (Å²) in [5.74, 6) is 1.35. The lowest BCUT2D eigenvalue weighted by Gasteiger charge is -2.26. The molecule has 1 aliphatic heterocycles. The average Bonchev–Trinajstić information content (AvgIpc) is 3.11. The fourth-order valence-corrected chi connectivity index (χ4v) is 4.01. The van der Waals surface area contributed by atoms with Crippen LogP contribution in [0.15, 0.2) is 24.7 Å². The van der Waals surface area contributed by atoms with E-state index in [1.54, 1.807) is 31.2 Å². The van der Waals surface area contributed by atoms with Crippen LogP contribution in [0.3, 0.4) is 0 Å². The van der Waals surface area contributed by atoms with Crippen molar-refractivity contribution < 1.29 is 14.3 Å². The zero-order valence-electron chi connectivity index (χ0n) is 17.8. The Morgan fingerprint density at radius 3 is 2.83 bits per heavy atom. The highest BCUT2D eigenvalue weighted by atomic mass is 16.5. The molecule has 0 bridgehead atoms. The van der Waals surface area contributed by atoms with Gasteiger partial charge in [0.1, 0.15) is 17.6 Å². The number of rotatable bonds is 6. The van der Waals surface area contributed by atoms with Crippen LogP contribution >= 0.6 is 0 Å². The van der Waals surface area contributed by atoms with Crippen LogP contribution < -0.4 is 24.6 Å². The molecule has 4 rings (SSSR count). The lowest BCUT2D eigenvalue weighted by atomic mass is 10.0. The van der Waals surface area contributed by atoms with E-state index in [0.717, 1.165) is 39.8 Å². The van der Waals surface area contributed by atoms with Gasteiger partial charge in [-0.25, -0.2) is 0 Å². The number of aryl methyl sites for hydroxylation is 1. The Kier molecular flexibility index (Phi) is 5.21. The number of hydrogen-bond donors (Lipinski definition) is 1. The van der Waals surface area contributed by atoms with Crippen LogP contribution in [0.25, 0.3) is 22.0 Å². The highest BCUT2D eigenvalue weighted by Gasteiger charge is 2.30. The van der Waals surface area contributed by atoms with Crippen LogP contribution in [0.4, 0.5) is 11.4 Å². The number of benzene rings is 1. The number of amides is 1. The second-order valence-electron chi connectivity index (χ2n) is 7.47. The van der Waals surface area contributed by atoms with Gasteiger partial charge in [-0.05, 0) is 7.05 Å². The summed E-state index contributed by atoms with van der Waals surface area (Å²) < 4.78 is 14.1. The first-order valence-corrected chi connectivity index (χ1v) is 9.71. The summed E-state index contributed by atoms with van der Waals surface area (Å²) >= 11 is 0. The Bertz CT molecular complexity index is 1100. The first-order valence-electron chi connectivity index (χ1n) is 9.71. The molecule has 1 amide bonds. The third kappa shape index (κ3) is 3.21. The third-order valence-electron chi connectivity index (χ3n) is 5.36. The highest BCUT2D eigenvalue weighted by Crippen LogP contribution is 2.50. The lowest BCUT2D eigenvalue weighted by molar-refractivity contribution is -0.107. The fourth-order valence-electron chi connectivity index (χ4n) is 4.01. The Morgan fingerprint density at radius 1 is 1.40 bits per heavy atom. The number of aromatic nitrogens is 3. The molecule has 9 nitrogen and oxygen atoms in total. The van der Waals surface area contributed by atoms with Crippen molar-refractivity contribution in [2.45, 2.75) is 6.10 Å². The number of carbonyl (C=O) groups is 1. The summed E-state index contributed by atoms with van der Waals surface area (Å²) in [7, 11) is 9.14. The third-order valence-corrected chi connectivity index (χ3v) is 5.36. The molecule has 0 aliphatic carbocycles. The predicted molar refractivity (Wildman–Crippen MR) is 117 cm³/mol. The van der Waals surface area contributed by atoms with Gasteiger partial charge in [-0.3, -0.25) is 14.5 Å². The van der Waals surface area contributed by atoms with Crippen molar-refractivity contribution in [2.75, 3.05) is 51.1 Å². The number of hydrogen-bond acceptors (Lipinski definition) is 7. The number of anilines is 2. The number of nitrogens with zero attached hydrogens (tertiary/aromatic N) is 5. The maximum absolute atomic E-state index is 11.6. The first-order chi connectivity index (χ1) is 14.5. The largest absolute Gasteiger partial charge is 0.496 e. The quantitative estimate of drug-likeness (QED) is 0.619. The summed E-state index contributed by atoms with van der Waals surface area (Å²) in [5, 5.41) is 8.38. The molecule has 1 unspecified atom stereocenters. The Morgan fingerprint density at radius 2 is 2.20 bits per heavy atom. The lowest BCUT2D eigenvalue weighted by Crippen LogP contribution is -2.38. The number of likely N-dealkylation sites (N-methyl/N-ethyl adjacent to an activating group) is 2. The van der Waals surface area contributed by atoms with Gasteiger partial charge in [0.15, 0.2) is 0 Å². The second kappa shape index (κ2) is 7.83. The maximum Gasteiger partial charge on any atom is 0.213 e. The van der Waals surface area contributed by atoms with E-state index in [4.69, 9.17) is 9.47 Å². The molecular weight excluding hydrogens is 384 g/mol. The molecule has 158 valence electrons. The van der Waals surface area contributed by atoms with Crippen LogP contribution in [-0.2, 0) is 11.8 Å². The summed E-state index contributed by atoms with van der Waals surface area (Å²) in [6.07, 6.45) is 6.11. The molecule has 1 aliphatic rings. The predicted octanol–water partition coefficient (Wildman–Crippen LogP) is 1.65. The van der Waals surface area contributed by atoms with Crippen LogP contribution in [-0.4, -0.2) is 68.6 Å². The van der Waals surface area contributed by atoms with Crippen molar-refractivity contribution >= 4 is 28.7 Å². The Balaban J connectivity index is 2.11. The monoisotopic (exact) mass is 410 g/mol. The molecule has 0 saturated carbocycles. The first kappa shape index (κ1) is 20.0. The molecule has 9 heteroatoms. The van der Waals surface area contributed by atoms with Gasteiger partial charge < -0.3 is 24.6 Å². The fraction of sp³-hybridized carbons (Fsp3) is 0.381. The molecular formula is C21H26N6O3. The van der Waals surface area contributed by atoms with E-state index in [-0.39, 0.29) is 6.10 Å². The number of pyridine rings is 1. The van der Waals surface area contributed by atoms with Crippen molar-refractivity contribution in [3.05, 3.63) is 24.7 Å². The van der Waals surface area contributed by atoms with Gasteiger partial charge in [0.2, 0.25) is 6.41 Å². The SMILES string of the molecule is CNCC1CN(C)c2c(N(C)C=O)cnc3cc(OC)c(-c4cnn(C)c4)c(c23)O1. The van der Waals surface area contributed by atoms with E-state index < -0.39 is 0 Å². The number of carbonyl (C=O) groups excluding carboxylic acids is 1. The molecule has 3 heterocycles. The number of methoxy groups -OCH3 is 1. The molecule has 3 aromatic rings. The zero-order chi connectivity index (χ0) is 21.4. The molecule has 2 aromatic heterocycles. The van der Waals surface area contributed by atoms with E-state index >= 15 is 0 Å². The highest BCUT2D eigenvalue weighted by molar-refractivity contribution is 6.08. The number of nitrogens with one attached hydrogen (secondary N) is 1. The van der Waals surface area contributed by atoms with Gasteiger partial charge in [-0.1, -0.05) is 0 Å². The van der Waals surface area contributed by atoms with Crippen LogP contribution in [0.1, 0.15) is 0 Å². The van der Waals surface area contributed by atoms with Crippen molar-refractivity contribution in [3.8, 4) is 22.6 Å². The van der Waals surface area contributed by atoms with E-state index in [1.807, 2.05) is 33.4 Å². The molecule has 0 fully saturated rings. The van der Waals surface area contributed by atoms with Gasteiger partial charge in [-0.2, -0.15) is 5.10 Å². The van der Waals surface area contributed by atoms with E-state index in [2.05, 4.69) is 20.3 Å². The minimum Gasteiger partial charge on any atom is -0.496 e. The molecule has 1 atom stereocenters. The van der Waals surface area contributed by atoms with Gasteiger partial charge in [0, 0.05) is 45.5 Å². The van der Waals surface area contributed by atoms with Gasteiger partial charge >= 0.3 is 0 Å². The summed E-state index contributed by atoms with van der Waals surface area (Å²) in [5.41, 5.74) is 4.07. The smallest absolute Gasteiger partial charge is 0.213 e. The van der Waals surface area contributed by atoms with Crippen molar-refractivity contribution in [3.63, 3.8) is 0 Å². The van der Waals surface area contributed by atoms with Gasteiger partial charge in [0.05, 0.1) is 53.9 Å². The Hall–Kier alpha value is -3.33. The zero-order valence-corrected chi connectivity index (χ0v) is 17.8. The Labute approximate surface area is 175 Å². The van der Waals surface area contributed by atoms with Crippen LogP contribution in [0, 0.1) is 0 Å². The van der Waals surface area contributed by atoms with Gasteiger partial charge in [0.25, 0.3) is 0 Å². The molecule has 1 aromatic carbocycles.